The Bertz CT molecular complexity index is 805. The van der Waals surface area contributed by atoms with Crippen LogP contribution < -0.4 is 4.72 Å². The van der Waals surface area contributed by atoms with E-state index in [0.717, 1.165) is 30.3 Å². The summed E-state index contributed by atoms with van der Waals surface area (Å²) >= 11 is 0. The van der Waals surface area contributed by atoms with Gasteiger partial charge < -0.3 is 5.11 Å². The Kier molecular flexibility index (Phi) is 4.79. The summed E-state index contributed by atoms with van der Waals surface area (Å²) in [5.41, 5.74) is -1.40. The SMILES string of the molecule is CC(O)(CNS(=O)(=O)c1cccc(F)c1F)c1ccc(F)cc1. The second kappa shape index (κ2) is 6.31. The summed E-state index contributed by atoms with van der Waals surface area (Å²) < 4.78 is 65.7. The van der Waals surface area contributed by atoms with Gasteiger partial charge in [-0.2, -0.15) is 0 Å². The molecule has 124 valence electrons. The molecule has 8 heteroatoms. The lowest BCUT2D eigenvalue weighted by Crippen LogP contribution is -2.38. The van der Waals surface area contributed by atoms with E-state index in [0.29, 0.717) is 0 Å². The first-order valence-electron chi connectivity index (χ1n) is 6.55. The molecule has 0 aliphatic rings. The number of hydrogen-bond acceptors (Lipinski definition) is 3. The van der Waals surface area contributed by atoms with Crippen LogP contribution in [0.25, 0.3) is 0 Å². The second-order valence-electron chi connectivity index (χ2n) is 5.16. The first-order chi connectivity index (χ1) is 10.6. The standard InChI is InChI=1S/C15H14F3NO3S/c1-15(20,10-5-7-11(16)8-6-10)9-19-23(21,22)13-4-2-3-12(17)14(13)18/h2-8,19-20H,9H2,1H3. The number of sulfonamides is 1. The molecular weight excluding hydrogens is 331 g/mol. The van der Waals surface area contributed by atoms with Gasteiger partial charge >= 0.3 is 0 Å². The van der Waals surface area contributed by atoms with Gasteiger partial charge in [0.25, 0.3) is 0 Å². The number of nitrogens with one attached hydrogen (secondary N) is 1. The van der Waals surface area contributed by atoms with Crippen molar-refractivity contribution in [2.45, 2.75) is 17.4 Å². The van der Waals surface area contributed by atoms with Crippen molar-refractivity contribution in [3.63, 3.8) is 0 Å². The summed E-state index contributed by atoms with van der Waals surface area (Å²) in [6.07, 6.45) is 0. The van der Waals surface area contributed by atoms with Crippen LogP contribution in [0.5, 0.6) is 0 Å². The smallest absolute Gasteiger partial charge is 0.243 e. The predicted octanol–water partition coefficient (Wildman–Crippen LogP) is 2.29. The van der Waals surface area contributed by atoms with Crippen molar-refractivity contribution in [3.8, 4) is 0 Å². The number of hydrogen-bond donors (Lipinski definition) is 2. The molecule has 0 radical (unpaired) electrons. The lowest BCUT2D eigenvalue weighted by atomic mass is 9.96. The quantitative estimate of drug-likeness (QED) is 0.874. The van der Waals surface area contributed by atoms with Crippen LogP contribution >= 0.6 is 0 Å². The Labute approximate surface area is 131 Å². The topological polar surface area (TPSA) is 66.4 Å². The highest BCUT2D eigenvalue weighted by molar-refractivity contribution is 7.89. The molecule has 1 unspecified atom stereocenters. The van der Waals surface area contributed by atoms with Gasteiger partial charge in [0.1, 0.15) is 16.3 Å². The van der Waals surface area contributed by atoms with Crippen molar-refractivity contribution >= 4 is 10.0 Å². The van der Waals surface area contributed by atoms with Gasteiger partial charge in [0, 0.05) is 6.54 Å². The first kappa shape index (κ1) is 17.5. The molecule has 2 rings (SSSR count). The molecule has 0 aliphatic heterocycles. The highest BCUT2D eigenvalue weighted by Crippen LogP contribution is 2.22. The molecule has 0 aliphatic carbocycles. The molecule has 0 aromatic heterocycles. The highest BCUT2D eigenvalue weighted by Gasteiger charge is 2.28. The van der Waals surface area contributed by atoms with Crippen LogP contribution in [0.4, 0.5) is 13.2 Å². The third-order valence-corrected chi connectivity index (χ3v) is 4.70. The zero-order chi connectivity index (χ0) is 17.3. The Morgan fingerprint density at radius 1 is 1.09 bits per heavy atom. The van der Waals surface area contributed by atoms with E-state index in [1.807, 2.05) is 4.72 Å². The van der Waals surface area contributed by atoms with E-state index in [2.05, 4.69) is 0 Å². The summed E-state index contributed by atoms with van der Waals surface area (Å²) in [5, 5.41) is 10.3. The van der Waals surface area contributed by atoms with E-state index in [-0.39, 0.29) is 5.56 Å². The molecule has 0 saturated heterocycles. The molecule has 2 aromatic carbocycles. The zero-order valence-electron chi connectivity index (χ0n) is 12.1. The largest absolute Gasteiger partial charge is 0.384 e. The van der Waals surface area contributed by atoms with Crippen LogP contribution in [0, 0.1) is 17.5 Å². The summed E-state index contributed by atoms with van der Waals surface area (Å²) in [6.45, 7) is 0.807. The van der Waals surface area contributed by atoms with Gasteiger partial charge in [-0.25, -0.2) is 26.3 Å². The van der Waals surface area contributed by atoms with Gasteiger partial charge in [-0.05, 0) is 36.8 Å². The maximum atomic E-state index is 13.6. The van der Waals surface area contributed by atoms with E-state index >= 15 is 0 Å². The molecule has 4 nitrogen and oxygen atoms in total. The van der Waals surface area contributed by atoms with Crippen LogP contribution in [-0.2, 0) is 15.6 Å². The molecule has 0 amide bonds. The van der Waals surface area contributed by atoms with Crippen LogP contribution in [0.1, 0.15) is 12.5 Å². The molecule has 23 heavy (non-hydrogen) atoms. The predicted molar refractivity (Wildman–Crippen MR) is 77.5 cm³/mol. The lowest BCUT2D eigenvalue weighted by molar-refractivity contribution is 0.0626. The molecule has 0 heterocycles. The molecule has 2 aromatic rings. The van der Waals surface area contributed by atoms with E-state index < -0.39 is 44.5 Å². The molecule has 0 bridgehead atoms. The Morgan fingerprint density at radius 3 is 2.30 bits per heavy atom. The minimum Gasteiger partial charge on any atom is -0.384 e. The Morgan fingerprint density at radius 2 is 1.70 bits per heavy atom. The van der Waals surface area contributed by atoms with Crippen molar-refractivity contribution in [1.29, 1.82) is 0 Å². The van der Waals surface area contributed by atoms with Crippen LogP contribution in [-0.4, -0.2) is 20.1 Å². The van der Waals surface area contributed by atoms with Gasteiger partial charge in [-0.15, -0.1) is 0 Å². The Balaban J connectivity index is 2.21. The van der Waals surface area contributed by atoms with E-state index in [9.17, 15) is 26.7 Å². The molecule has 2 N–H and O–H groups in total. The maximum absolute atomic E-state index is 13.6. The number of halogens is 3. The monoisotopic (exact) mass is 345 g/mol. The summed E-state index contributed by atoms with van der Waals surface area (Å²) in [4.78, 5) is -0.854. The van der Waals surface area contributed by atoms with Crippen LogP contribution in [0.2, 0.25) is 0 Å². The van der Waals surface area contributed by atoms with Crippen molar-refractivity contribution in [2.24, 2.45) is 0 Å². The van der Waals surface area contributed by atoms with Crippen molar-refractivity contribution in [1.82, 2.24) is 4.72 Å². The molecule has 1 atom stereocenters. The molecule has 0 fully saturated rings. The number of aliphatic hydroxyl groups is 1. The van der Waals surface area contributed by atoms with Crippen molar-refractivity contribution in [3.05, 3.63) is 65.5 Å². The van der Waals surface area contributed by atoms with E-state index in [1.165, 1.54) is 19.1 Å². The van der Waals surface area contributed by atoms with Crippen LogP contribution in [0.15, 0.2) is 47.4 Å². The van der Waals surface area contributed by atoms with Gasteiger partial charge in [0.2, 0.25) is 10.0 Å². The second-order valence-corrected chi connectivity index (χ2v) is 6.89. The summed E-state index contributed by atoms with van der Waals surface area (Å²) in [6, 6.07) is 7.59. The third kappa shape index (κ3) is 3.90. The Hall–Kier alpha value is -1.90. The third-order valence-electron chi connectivity index (χ3n) is 3.28. The maximum Gasteiger partial charge on any atom is 0.243 e. The first-order valence-corrected chi connectivity index (χ1v) is 8.04. The lowest BCUT2D eigenvalue weighted by Gasteiger charge is -2.24. The normalized spacial score (nSPS) is 14.5. The van der Waals surface area contributed by atoms with Crippen LogP contribution in [0.3, 0.4) is 0 Å². The van der Waals surface area contributed by atoms with Gasteiger partial charge in [-0.1, -0.05) is 18.2 Å². The number of benzene rings is 2. The zero-order valence-corrected chi connectivity index (χ0v) is 12.9. The summed E-state index contributed by atoms with van der Waals surface area (Å²) in [7, 11) is -4.36. The highest BCUT2D eigenvalue weighted by atomic mass is 32.2. The average Bonchev–Trinajstić information content (AvgIpc) is 2.48. The van der Waals surface area contributed by atoms with Gasteiger partial charge in [0.15, 0.2) is 11.6 Å². The fraction of sp³-hybridized carbons (Fsp3) is 0.200. The van der Waals surface area contributed by atoms with Gasteiger partial charge in [-0.3, -0.25) is 0 Å². The molecular formula is C15H14F3NO3S. The molecule has 0 saturated carbocycles. The fourth-order valence-corrected chi connectivity index (χ4v) is 3.13. The number of rotatable bonds is 5. The minimum absolute atomic E-state index is 0.265. The van der Waals surface area contributed by atoms with E-state index in [1.54, 1.807) is 0 Å². The minimum atomic E-state index is -4.36. The fourth-order valence-electron chi connectivity index (χ4n) is 1.92. The average molecular weight is 345 g/mol. The van der Waals surface area contributed by atoms with Crippen molar-refractivity contribution < 1.29 is 26.7 Å². The molecule has 0 spiro atoms. The van der Waals surface area contributed by atoms with E-state index in [4.69, 9.17) is 0 Å². The van der Waals surface area contributed by atoms with Crippen molar-refractivity contribution in [2.75, 3.05) is 6.54 Å². The van der Waals surface area contributed by atoms with Gasteiger partial charge in [0.05, 0.1) is 0 Å². The summed E-state index contributed by atoms with van der Waals surface area (Å²) in [5.74, 6) is -3.30.